The van der Waals surface area contributed by atoms with Gasteiger partial charge < -0.3 is 15.4 Å². The molecule has 168 valence electrons. The van der Waals surface area contributed by atoms with Crippen LogP contribution in [-0.2, 0) is 12.7 Å². The number of halogens is 3. The van der Waals surface area contributed by atoms with E-state index in [1.54, 1.807) is 24.5 Å². The van der Waals surface area contributed by atoms with Gasteiger partial charge in [0, 0.05) is 35.4 Å². The van der Waals surface area contributed by atoms with E-state index >= 15 is 0 Å². The number of fused-ring (bicyclic) bond motifs is 1. The molecule has 5 rings (SSSR count). The number of rotatable bonds is 5. The fourth-order valence-electron chi connectivity index (χ4n) is 4.22. The number of pyridine rings is 1. The lowest BCUT2D eigenvalue weighted by atomic mass is 9.99. The third-order valence-electron chi connectivity index (χ3n) is 6.03. The Labute approximate surface area is 187 Å². The average Bonchev–Trinajstić information content (AvgIpc) is 3.54. The highest BCUT2D eigenvalue weighted by Gasteiger charge is 2.31. The first-order valence-corrected chi connectivity index (χ1v) is 10.5. The molecule has 0 radical (unpaired) electrons. The van der Waals surface area contributed by atoms with E-state index in [0.717, 1.165) is 41.4 Å². The molecular formula is C25H20F3N3O2. The Balaban J connectivity index is 1.51. The molecule has 2 aromatic heterocycles. The van der Waals surface area contributed by atoms with Crippen molar-refractivity contribution in [2.45, 2.75) is 31.5 Å². The van der Waals surface area contributed by atoms with Crippen LogP contribution in [0.15, 0.2) is 60.9 Å². The summed E-state index contributed by atoms with van der Waals surface area (Å²) in [6.45, 7) is 0.272. The Morgan fingerprint density at radius 1 is 1.15 bits per heavy atom. The molecule has 0 amide bonds. The Morgan fingerprint density at radius 3 is 2.64 bits per heavy atom. The standard InChI is InChI=1S/C25H20F3N3O2/c26-25(27,28)18-3-1-2-14(10-18)13-31-9-8-16-11-17(6-7-20(16)31)23-21(24(32)33)22(29)19(12-30-23)15-4-5-15/h1-3,6-12,15H,4-5,13H2,(H2,29,30)(H,32,33). The van der Waals surface area contributed by atoms with Crippen molar-refractivity contribution in [2.75, 3.05) is 5.73 Å². The lowest BCUT2D eigenvalue weighted by Crippen LogP contribution is -2.09. The van der Waals surface area contributed by atoms with Crippen molar-refractivity contribution in [1.29, 1.82) is 0 Å². The van der Waals surface area contributed by atoms with E-state index < -0.39 is 17.7 Å². The van der Waals surface area contributed by atoms with Crippen molar-refractivity contribution in [3.63, 3.8) is 0 Å². The molecule has 8 heteroatoms. The van der Waals surface area contributed by atoms with Gasteiger partial charge in [0.1, 0.15) is 5.56 Å². The van der Waals surface area contributed by atoms with Crippen molar-refractivity contribution in [3.05, 3.63) is 83.2 Å². The van der Waals surface area contributed by atoms with Gasteiger partial charge >= 0.3 is 12.1 Å². The number of aromatic carboxylic acids is 1. The Morgan fingerprint density at radius 2 is 1.94 bits per heavy atom. The summed E-state index contributed by atoms with van der Waals surface area (Å²) in [6.07, 6.45) is 1.03. The summed E-state index contributed by atoms with van der Waals surface area (Å²) in [6, 6.07) is 12.5. The lowest BCUT2D eigenvalue weighted by Gasteiger charge is -2.13. The van der Waals surface area contributed by atoms with Gasteiger partial charge in [-0.2, -0.15) is 13.2 Å². The average molecular weight is 451 g/mol. The van der Waals surface area contributed by atoms with Gasteiger partial charge in [-0.05, 0) is 60.2 Å². The van der Waals surface area contributed by atoms with Gasteiger partial charge in [-0.3, -0.25) is 4.98 Å². The molecule has 0 atom stereocenters. The minimum atomic E-state index is -4.39. The molecule has 2 aromatic carbocycles. The van der Waals surface area contributed by atoms with Crippen molar-refractivity contribution in [3.8, 4) is 11.3 Å². The Hall–Kier alpha value is -3.81. The second-order valence-corrected chi connectivity index (χ2v) is 8.35. The fraction of sp³-hybridized carbons (Fsp3) is 0.200. The highest BCUT2D eigenvalue weighted by Crippen LogP contribution is 2.44. The molecule has 5 nitrogen and oxygen atoms in total. The van der Waals surface area contributed by atoms with E-state index in [1.165, 1.54) is 6.07 Å². The fourth-order valence-corrected chi connectivity index (χ4v) is 4.22. The predicted octanol–water partition coefficient (Wildman–Crippen LogP) is 5.93. The minimum Gasteiger partial charge on any atom is -0.478 e. The van der Waals surface area contributed by atoms with Gasteiger partial charge in [-0.15, -0.1) is 0 Å². The molecule has 33 heavy (non-hydrogen) atoms. The first-order valence-electron chi connectivity index (χ1n) is 10.5. The zero-order valence-corrected chi connectivity index (χ0v) is 17.4. The van der Waals surface area contributed by atoms with Crippen LogP contribution in [0.3, 0.4) is 0 Å². The van der Waals surface area contributed by atoms with E-state index in [4.69, 9.17) is 5.73 Å². The van der Waals surface area contributed by atoms with Crippen molar-refractivity contribution < 1.29 is 23.1 Å². The van der Waals surface area contributed by atoms with E-state index in [1.807, 2.05) is 22.8 Å². The summed E-state index contributed by atoms with van der Waals surface area (Å²) in [5.74, 6) is -0.850. The maximum atomic E-state index is 13.0. The van der Waals surface area contributed by atoms with Crippen LogP contribution >= 0.6 is 0 Å². The van der Waals surface area contributed by atoms with Crippen LogP contribution in [0, 0.1) is 0 Å². The molecule has 0 unspecified atom stereocenters. The maximum Gasteiger partial charge on any atom is 0.416 e. The van der Waals surface area contributed by atoms with Crippen molar-refractivity contribution in [1.82, 2.24) is 9.55 Å². The Kier molecular flexibility index (Phi) is 4.88. The van der Waals surface area contributed by atoms with Crippen molar-refractivity contribution in [2.24, 2.45) is 0 Å². The first-order chi connectivity index (χ1) is 15.7. The zero-order chi connectivity index (χ0) is 23.3. The lowest BCUT2D eigenvalue weighted by molar-refractivity contribution is -0.137. The number of hydrogen-bond donors (Lipinski definition) is 2. The highest BCUT2D eigenvalue weighted by molar-refractivity contribution is 6.01. The van der Waals surface area contributed by atoms with Gasteiger partial charge in [0.25, 0.3) is 0 Å². The van der Waals surface area contributed by atoms with E-state index in [-0.39, 0.29) is 23.7 Å². The van der Waals surface area contributed by atoms with Gasteiger partial charge in [-0.1, -0.05) is 18.2 Å². The molecule has 3 N–H and O–H groups in total. The molecule has 0 saturated heterocycles. The molecule has 0 spiro atoms. The van der Waals surface area contributed by atoms with E-state index in [0.29, 0.717) is 16.8 Å². The third kappa shape index (κ3) is 3.92. The molecule has 4 aromatic rings. The topological polar surface area (TPSA) is 81.1 Å². The Bertz CT molecular complexity index is 1390. The summed E-state index contributed by atoms with van der Waals surface area (Å²) in [5.41, 5.74) is 8.83. The number of carboxylic acid groups (broad SMARTS) is 1. The molecular weight excluding hydrogens is 431 g/mol. The SMILES string of the molecule is Nc1c(C2CC2)cnc(-c2ccc3c(ccn3Cc3cccc(C(F)(F)F)c3)c2)c1C(=O)O. The third-order valence-corrected chi connectivity index (χ3v) is 6.03. The van der Waals surface area contributed by atoms with Gasteiger partial charge in [0.15, 0.2) is 0 Å². The number of nitrogens with zero attached hydrogens (tertiary/aromatic N) is 2. The predicted molar refractivity (Wildman–Crippen MR) is 119 cm³/mol. The summed E-state index contributed by atoms with van der Waals surface area (Å²) in [4.78, 5) is 16.4. The van der Waals surface area contributed by atoms with Gasteiger partial charge in [-0.25, -0.2) is 4.79 Å². The summed E-state index contributed by atoms with van der Waals surface area (Å²) < 4.78 is 40.9. The molecule has 0 aliphatic heterocycles. The number of carbonyl (C=O) groups is 1. The summed E-state index contributed by atoms with van der Waals surface area (Å²) in [5, 5.41) is 10.6. The molecule has 0 bridgehead atoms. The number of carboxylic acids is 1. The van der Waals surface area contributed by atoms with Crippen LogP contribution in [-0.4, -0.2) is 20.6 Å². The smallest absolute Gasteiger partial charge is 0.416 e. The van der Waals surface area contributed by atoms with Crippen molar-refractivity contribution >= 4 is 22.6 Å². The van der Waals surface area contributed by atoms with Gasteiger partial charge in [0.2, 0.25) is 0 Å². The number of nitrogens with two attached hydrogens (primary N) is 1. The second kappa shape index (κ2) is 7.65. The number of hydrogen-bond acceptors (Lipinski definition) is 3. The number of anilines is 1. The second-order valence-electron chi connectivity index (χ2n) is 8.35. The first kappa shape index (κ1) is 21.1. The number of nitrogen functional groups attached to an aromatic ring is 1. The molecule has 1 saturated carbocycles. The molecule has 1 aliphatic rings. The number of benzene rings is 2. The van der Waals surface area contributed by atoms with Gasteiger partial charge in [0.05, 0.1) is 16.9 Å². The molecule has 1 aliphatic carbocycles. The van der Waals surface area contributed by atoms with Crippen LogP contribution in [0.25, 0.3) is 22.2 Å². The van der Waals surface area contributed by atoms with Crippen LogP contribution in [0.4, 0.5) is 18.9 Å². The maximum absolute atomic E-state index is 13.0. The van der Waals surface area contributed by atoms with E-state index in [9.17, 15) is 23.1 Å². The van der Waals surface area contributed by atoms with Crippen LogP contribution < -0.4 is 5.73 Å². The zero-order valence-electron chi connectivity index (χ0n) is 17.4. The van der Waals surface area contributed by atoms with E-state index in [2.05, 4.69) is 4.98 Å². The summed E-state index contributed by atoms with van der Waals surface area (Å²) >= 11 is 0. The number of alkyl halides is 3. The normalized spacial score (nSPS) is 14.0. The molecule has 1 fully saturated rings. The van der Waals surface area contributed by atoms with Crippen LogP contribution in [0.2, 0.25) is 0 Å². The summed E-state index contributed by atoms with van der Waals surface area (Å²) in [7, 11) is 0. The minimum absolute atomic E-state index is 0.00199. The largest absolute Gasteiger partial charge is 0.478 e. The number of aromatic nitrogens is 2. The molecule has 2 heterocycles. The quantitative estimate of drug-likeness (QED) is 0.394. The van der Waals surface area contributed by atoms with Crippen LogP contribution in [0.5, 0.6) is 0 Å². The van der Waals surface area contributed by atoms with Crippen LogP contribution in [0.1, 0.15) is 45.8 Å². The monoisotopic (exact) mass is 451 g/mol. The highest BCUT2D eigenvalue weighted by atomic mass is 19.4.